The Hall–Kier alpha value is -2.05. The number of H-pyrrole nitrogens is 1. The third-order valence-electron chi connectivity index (χ3n) is 3.41. The summed E-state index contributed by atoms with van der Waals surface area (Å²) in [6.45, 7) is 2.25. The Morgan fingerprint density at radius 3 is 2.95 bits per heavy atom. The molecule has 1 amide bonds. The summed E-state index contributed by atoms with van der Waals surface area (Å²) in [6.07, 6.45) is 0.448. The number of para-hydroxylation sites is 1. The lowest BCUT2D eigenvalue weighted by atomic mass is 10.0. The SMILES string of the molecule is COCCC(C)(O)CNC(=O)c1cc2cccc(N)c2[nH]1. The number of nitrogens with two attached hydrogens (primary N) is 1. The zero-order valence-electron chi connectivity index (χ0n) is 12.3. The standard InChI is InChI=1S/C15H21N3O3/c1-15(20,6-7-21-2)9-17-14(19)12-8-10-4-3-5-11(16)13(10)18-12/h3-5,8,18,20H,6-7,9,16H2,1-2H3,(H,17,19). The van der Waals surface area contributed by atoms with Gasteiger partial charge in [-0.1, -0.05) is 12.1 Å². The predicted octanol–water partition coefficient (Wildman–Crippen LogP) is 1.27. The zero-order chi connectivity index (χ0) is 15.5. The van der Waals surface area contributed by atoms with E-state index in [0.29, 0.717) is 24.4 Å². The van der Waals surface area contributed by atoms with Crippen LogP contribution in [0.15, 0.2) is 24.3 Å². The Balaban J connectivity index is 2.04. The molecule has 21 heavy (non-hydrogen) atoms. The van der Waals surface area contributed by atoms with Crippen molar-refractivity contribution in [3.63, 3.8) is 0 Å². The number of hydrogen-bond acceptors (Lipinski definition) is 4. The molecule has 1 heterocycles. The summed E-state index contributed by atoms with van der Waals surface area (Å²) < 4.78 is 4.93. The highest BCUT2D eigenvalue weighted by Gasteiger charge is 2.21. The second-order valence-corrected chi connectivity index (χ2v) is 5.42. The number of ether oxygens (including phenoxy) is 1. The second-order valence-electron chi connectivity index (χ2n) is 5.42. The van der Waals surface area contributed by atoms with Gasteiger partial charge in [-0.25, -0.2) is 0 Å². The molecule has 0 saturated carbocycles. The molecule has 0 saturated heterocycles. The van der Waals surface area contributed by atoms with Gasteiger partial charge in [0.15, 0.2) is 0 Å². The highest BCUT2D eigenvalue weighted by molar-refractivity contribution is 6.00. The third-order valence-corrected chi connectivity index (χ3v) is 3.41. The van der Waals surface area contributed by atoms with Crippen LogP contribution < -0.4 is 11.1 Å². The summed E-state index contributed by atoms with van der Waals surface area (Å²) in [4.78, 5) is 15.1. The average Bonchev–Trinajstić information content (AvgIpc) is 2.88. The Labute approximate surface area is 123 Å². The summed E-state index contributed by atoms with van der Waals surface area (Å²) in [7, 11) is 1.57. The van der Waals surface area contributed by atoms with E-state index in [4.69, 9.17) is 10.5 Å². The Morgan fingerprint density at radius 1 is 1.52 bits per heavy atom. The molecular formula is C15H21N3O3. The molecule has 2 rings (SSSR count). The summed E-state index contributed by atoms with van der Waals surface area (Å²) in [5.74, 6) is -0.275. The van der Waals surface area contributed by atoms with Gasteiger partial charge in [0, 0.05) is 32.1 Å². The number of nitrogens with one attached hydrogen (secondary N) is 2. The number of amides is 1. The molecule has 6 heteroatoms. The molecule has 6 nitrogen and oxygen atoms in total. The number of carbonyl (C=O) groups excluding carboxylic acids is 1. The number of aromatic nitrogens is 1. The van der Waals surface area contributed by atoms with Crippen molar-refractivity contribution < 1.29 is 14.6 Å². The van der Waals surface area contributed by atoms with Crippen molar-refractivity contribution in [2.24, 2.45) is 0 Å². The van der Waals surface area contributed by atoms with E-state index in [1.54, 1.807) is 26.2 Å². The summed E-state index contributed by atoms with van der Waals surface area (Å²) in [5, 5.41) is 13.7. The molecule has 0 aliphatic rings. The smallest absolute Gasteiger partial charge is 0.267 e. The Kier molecular flexibility index (Phi) is 4.50. The van der Waals surface area contributed by atoms with Crippen molar-refractivity contribution in [3.8, 4) is 0 Å². The van der Waals surface area contributed by atoms with Gasteiger partial charge in [0.05, 0.1) is 16.8 Å². The van der Waals surface area contributed by atoms with E-state index in [1.165, 1.54) is 0 Å². The first-order valence-corrected chi connectivity index (χ1v) is 6.80. The largest absolute Gasteiger partial charge is 0.397 e. The number of carbonyl (C=O) groups is 1. The molecule has 114 valence electrons. The lowest BCUT2D eigenvalue weighted by Crippen LogP contribution is -2.41. The Morgan fingerprint density at radius 2 is 2.29 bits per heavy atom. The number of fused-ring (bicyclic) bond motifs is 1. The number of benzene rings is 1. The van der Waals surface area contributed by atoms with Gasteiger partial charge >= 0.3 is 0 Å². The maximum absolute atomic E-state index is 12.1. The molecule has 0 radical (unpaired) electrons. The van der Waals surface area contributed by atoms with E-state index in [2.05, 4.69) is 10.3 Å². The van der Waals surface area contributed by atoms with Crippen molar-refractivity contribution in [2.45, 2.75) is 18.9 Å². The first-order chi connectivity index (χ1) is 9.93. The maximum Gasteiger partial charge on any atom is 0.267 e. The number of aromatic amines is 1. The minimum Gasteiger partial charge on any atom is -0.397 e. The molecule has 1 aromatic carbocycles. The third kappa shape index (κ3) is 3.74. The van der Waals surface area contributed by atoms with Crippen LogP contribution in [0.2, 0.25) is 0 Å². The van der Waals surface area contributed by atoms with Crippen LogP contribution in [0.1, 0.15) is 23.8 Å². The van der Waals surface area contributed by atoms with Gasteiger partial charge in [0.2, 0.25) is 0 Å². The van der Waals surface area contributed by atoms with Crippen LogP contribution in [0.4, 0.5) is 5.69 Å². The van der Waals surface area contributed by atoms with Crippen LogP contribution in [0.25, 0.3) is 10.9 Å². The highest BCUT2D eigenvalue weighted by Crippen LogP contribution is 2.21. The van der Waals surface area contributed by atoms with E-state index in [0.717, 1.165) is 10.9 Å². The van der Waals surface area contributed by atoms with Gasteiger partial charge in [-0.3, -0.25) is 4.79 Å². The van der Waals surface area contributed by atoms with Crippen LogP contribution in [-0.4, -0.2) is 41.9 Å². The maximum atomic E-state index is 12.1. The predicted molar refractivity (Wildman–Crippen MR) is 82.2 cm³/mol. The fourth-order valence-corrected chi connectivity index (χ4v) is 2.08. The fraction of sp³-hybridized carbons (Fsp3) is 0.400. The van der Waals surface area contributed by atoms with Crippen molar-refractivity contribution in [2.75, 3.05) is 26.0 Å². The van der Waals surface area contributed by atoms with Crippen LogP contribution in [-0.2, 0) is 4.74 Å². The highest BCUT2D eigenvalue weighted by atomic mass is 16.5. The number of aliphatic hydroxyl groups is 1. The molecule has 0 aliphatic carbocycles. The lowest BCUT2D eigenvalue weighted by molar-refractivity contribution is 0.0243. The summed E-state index contributed by atoms with van der Waals surface area (Å²) in [6, 6.07) is 7.23. The molecule has 1 aromatic heterocycles. The van der Waals surface area contributed by atoms with Crippen molar-refractivity contribution in [1.82, 2.24) is 10.3 Å². The van der Waals surface area contributed by atoms with E-state index in [1.807, 2.05) is 12.1 Å². The normalized spacial score (nSPS) is 14.0. The molecule has 0 fully saturated rings. The summed E-state index contributed by atoms with van der Waals surface area (Å²) in [5.41, 5.74) is 6.61. The van der Waals surface area contributed by atoms with Crippen molar-refractivity contribution >= 4 is 22.5 Å². The number of anilines is 1. The topological polar surface area (TPSA) is 100 Å². The lowest BCUT2D eigenvalue weighted by Gasteiger charge is -2.23. The first kappa shape index (κ1) is 15.3. The molecule has 1 atom stereocenters. The average molecular weight is 291 g/mol. The van der Waals surface area contributed by atoms with Crippen LogP contribution in [0, 0.1) is 0 Å². The number of methoxy groups -OCH3 is 1. The van der Waals surface area contributed by atoms with Gasteiger partial charge in [-0.05, 0) is 19.1 Å². The molecule has 5 N–H and O–H groups in total. The molecule has 1 unspecified atom stereocenters. The molecule has 2 aromatic rings. The number of rotatable bonds is 6. The van der Waals surface area contributed by atoms with Crippen molar-refractivity contribution in [1.29, 1.82) is 0 Å². The van der Waals surface area contributed by atoms with Crippen LogP contribution >= 0.6 is 0 Å². The molecule has 0 spiro atoms. The van der Waals surface area contributed by atoms with Crippen LogP contribution in [0.3, 0.4) is 0 Å². The monoisotopic (exact) mass is 291 g/mol. The zero-order valence-corrected chi connectivity index (χ0v) is 12.3. The van der Waals surface area contributed by atoms with Crippen LogP contribution in [0.5, 0.6) is 0 Å². The molecule has 0 bridgehead atoms. The molecule has 0 aliphatic heterocycles. The van der Waals surface area contributed by atoms with Gasteiger partial charge in [-0.15, -0.1) is 0 Å². The van der Waals surface area contributed by atoms with E-state index in [9.17, 15) is 9.90 Å². The minimum atomic E-state index is -1.00. The van der Waals surface area contributed by atoms with E-state index in [-0.39, 0.29) is 12.5 Å². The molecular weight excluding hydrogens is 270 g/mol. The first-order valence-electron chi connectivity index (χ1n) is 6.80. The number of hydrogen-bond donors (Lipinski definition) is 4. The number of nitrogen functional groups attached to an aromatic ring is 1. The van der Waals surface area contributed by atoms with Crippen molar-refractivity contribution in [3.05, 3.63) is 30.0 Å². The van der Waals surface area contributed by atoms with E-state index >= 15 is 0 Å². The van der Waals surface area contributed by atoms with Gasteiger partial charge in [-0.2, -0.15) is 0 Å². The van der Waals surface area contributed by atoms with Gasteiger partial charge in [0.1, 0.15) is 5.69 Å². The van der Waals surface area contributed by atoms with Gasteiger partial charge < -0.3 is 25.9 Å². The quantitative estimate of drug-likeness (QED) is 0.602. The minimum absolute atomic E-state index is 0.153. The second kappa shape index (κ2) is 6.15. The Bertz CT molecular complexity index is 634. The van der Waals surface area contributed by atoms with Gasteiger partial charge in [0.25, 0.3) is 5.91 Å². The summed E-state index contributed by atoms with van der Waals surface area (Å²) >= 11 is 0. The fourth-order valence-electron chi connectivity index (χ4n) is 2.08. The van der Waals surface area contributed by atoms with E-state index < -0.39 is 5.60 Å².